The largest absolute Gasteiger partial charge is 0.409 e. The molecule has 0 saturated carbocycles. The molecule has 0 radical (unpaired) electrons. The van der Waals surface area contributed by atoms with E-state index in [9.17, 15) is 0 Å². The number of nitrogens with zero attached hydrogens (tertiary/aromatic N) is 1. The molecule has 0 aromatic carbocycles. The maximum atomic E-state index is 8.62. The zero-order chi connectivity index (χ0) is 12.4. The van der Waals surface area contributed by atoms with Crippen LogP contribution in [0, 0.1) is 5.41 Å². The van der Waals surface area contributed by atoms with Crippen LogP contribution in [0.2, 0.25) is 0 Å². The van der Waals surface area contributed by atoms with Crippen LogP contribution >= 0.6 is 11.8 Å². The van der Waals surface area contributed by atoms with E-state index in [0.717, 1.165) is 38.1 Å². The van der Waals surface area contributed by atoms with Gasteiger partial charge in [0, 0.05) is 17.7 Å². The van der Waals surface area contributed by atoms with Crippen molar-refractivity contribution in [2.24, 2.45) is 16.3 Å². The Kier molecular flexibility index (Phi) is 8.47. The van der Waals surface area contributed by atoms with Gasteiger partial charge in [0.05, 0.1) is 0 Å². The maximum absolute atomic E-state index is 8.62. The van der Waals surface area contributed by atoms with Crippen LogP contribution in [0.15, 0.2) is 5.16 Å². The molecule has 0 rings (SSSR count). The Hall–Kier alpha value is -0.420. The summed E-state index contributed by atoms with van der Waals surface area (Å²) in [4.78, 5) is 0. The molecule has 0 fully saturated rings. The minimum Gasteiger partial charge on any atom is -0.409 e. The van der Waals surface area contributed by atoms with E-state index in [-0.39, 0.29) is 5.41 Å². The number of oxime groups is 1. The third-order valence-electron chi connectivity index (χ3n) is 2.69. The second-order valence-corrected chi connectivity index (χ2v) is 5.55. The van der Waals surface area contributed by atoms with E-state index in [1.54, 1.807) is 0 Å². The van der Waals surface area contributed by atoms with Crippen molar-refractivity contribution in [3.05, 3.63) is 0 Å². The van der Waals surface area contributed by atoms with Crippen molar-refractivity contribution in [2.45, 2.75) is 33.1 Å². The van der Waals surface area contributed by atoms with Crippen LogP contribution in [-0.4, -0.2) is 36.1 Å². The van der Waals surface area contributed by atoms with Gasteiger partial charge < -0.3 is 16.3 Å². The molecule has 0 aromatic rings. The molecule has 0 atom stereocenters. The summed E-state index contributed by atoms with van der Waals surface area (Å²) in [7, 11) is 0. The van der Waals surface area contributed by atoms with Gasteiger partial charge in [-0.2, -0.15) is 11.8 Å². The first-order chi connectivity index (χ1) is 7.54. The van der Waals surface area contributed by atoms with Gasteiger partial charge in [-0.25, -0.2) is 0 Å². The number of nitrogens with one attached hydrogen (secondary N) is 1. The monoisotopic (exact) mass is 247 g/mol. The van der Waals surface area contributed by atoms with Crippen molar-refractivity contribution in [1.29, 1.82) is 0 Å². The molecule has 4 nitrogen and oxygen atoms in total. The van der Waals surface area contributed by atoms with Gasteiger partial charge in [0.2, 0.25) is 0 Å². The van der Waals surface area contributed by atoms with E-state index in [1.165, 1.54) is 0 Å². The summed E-state index contributed by atoms with van der Waals surface area (Å²) < 4.78 is 0. The van der Waals surface area contributed by atoms with Crippen molar-refractivity contribution >= 4 is 17.6 Å². The molecule has 4 N–H and O–H groups in total. The lowest BCUT2D eigenvalue weighted by atomic mass is 9.86. The standard InChI is InChI=1S/C11H25N3OS/c1-11(2,10(12)14-15)6-4-5-7-13-8-9-16-3/h13,15H,4-9H2,1-3H3,(H2,12,14). The topological polar surface area (TPSA) is 70.6 Å². The summed E-state index contributed by atoms with van der Waals surface area (Å²) in [6, 6.07) is 0. The first-order valence-corrected chi connectivity index (χ1v) is 7.11. The smallest absolute Gasteiger partial charge is 0.144 e. The van der Waals surface area contributed by atoms with Gasteiger partial charge >= 0.3 is 0 Å². The predicted molar refractivity (Wildman–Crippen MR) is 72.3 cm³/mol. The highest BCUT2D eigenvalue weighted by Crippen LogP contribution is 2.22. The quantitative estimate of drug-likeness (QED) is 0.191. The Morgan fingerprint density at radius 1 is 1.38 bits per heavy atom. The Morgan fingerprint density at radius 3 is 2.62 bits per heavy atom. The van der Waals surface area contributed by atoms with Gasteiger partial charge in [-0.15, -0.1) is 0 Å². The van der Waals surface area contributed by atoms with Gasteiger partial charge in [-0.05, 0) is 25.6 Å². The van der Waals surface area contributed by atoms with E-state index in [1.807, 2.05) is 25.6 Å². The summed E-state index contributed by atoms with van der Waals surface area (Å²) in [5, 5.41) is 15.1. The number of amidine groups is 1. The van der Waals surface area contributed by atoms with Crippen molar-refractivity contribution in [3.63, 3.8) is 0 Å². The summed E-state index contributed by atoms with van der Waals surface area (Å²) in [6.45, 7) is 6.13. The van der Waals surface area contributed by atoms with Crippen LogP contribution < -0.4 is 11.1 Å². The minimum atomic E-state index is -0.200. The van der Waals surface area contributed by atoms with Crippen molar-refractivity contribution in [2.75, 3.05) is 25.1 Å². The summed E-state index contributed by atoms with van der Waals surface area (Å²) in [5.74, 6) is 1.48. The van der Waals surface area contributed by atoms with E-state index in [4.69, 9.17) is 10.9 Å². The highest BCUT2D eigenvalue weighted by atomic mass is 32.2. The Bertz CT molecular complexity index is 207. The molecular weight excluding hydrogens is 222 g/mol. The molecule has 0 unspecified atom stereocenters. The number of hydrogen-bond donors (Lipinski definition) is 3. The van der Waals surface area contributed by atoms with Gasteiger partial charge in [-0.3, -0.25) is 0 Å². The normalized spacial score (nSPS) is 13.1. The Labute approximate surface area is 103 Å². The minimum absolute atomic E-state index is 0.200. The first kappa shape index (κ1) is 15.6. The lowest BCUT2D eigenvalue weighted by molar-refractivity contribution is 0.304. The number of hydrogen-bond acceptors (Lipinski definition) is 4. The highest BCUT2D eigenvalue weighted by molar-refractivity contribution is 7.98. The van der Waals surface area contributed by atoms with E-state index in [2.05, 4.69) is 16.7 Å². The molecule has 16 heavy (non-hydrogen) atoms. The molecule has 0 aliphatic carbocycles. The molecular formula is C11H25N3OS. The van der Waals surface area contributed by atoms with Crippen LogP contribution in [0.1, 0.15) is 33.1 Å². The second kappa shape index (κ2) is 8.70. The second-order valence-electron chi connectivity index (χ2n) is 4.57. The summed E-state index contributed by atoms with van der Waals surface area (Å²) in [6.07, 6.45) is 5.29. The molecule has 0 aliphatic heterocycles. The van der Waals surface area contributed by atoms with Gasteiger partial charge in [0.1, 0.15) is 5.84 Å². The molecule has 96 valence electrons. The highest BCUT2D eigenvalue weighted by Gasteiger charge is 2.22. The van der Waals surface area contributed by atoms with Crippen LogP contribution in [0.5, 0.6) is 0 Å². The van der Waals surface area contributed by atoms with Crippen LogP contribution in [0.25, 0.3) is 0 Å². The van der Waals surface area contributed by atoms with E-state index >= 15 is 0 Å². The third-order valence-corrected chi connectivity index (χ3v) is 3.30. The molecule has 0 saturated heterocycles. The van der Waals surface area contributed by atoms with Crippen molar-refractivity contribution in [1.82, 2.24) is 5.32 Å². The summed E-state index contributed by atoms with van der Waals surface area (Å²) >= 11 is 1.85. The zero-order valence-corrected chi connectivity index (χ0v) is 11.4. The molecule has 0 aromatic heterocycles. The molecule has 0 amide bonds. The number of thioether (sulfide) groups is 1. The van der Waals surface area contributed by atoms with Crippen LogP contribution in [0.3, 0.4) is 0 Å². The zero-order valence-electron chi connectivity index (χ0n) is 10.6. The van der Waals surface area contributed by atoms with Gasteiger partial charge in [-0.1, -0.05) is 25.4 Å². The number of unbranched alkanes of at least 4 members (excludes halogenated alkanes) is 1. The molecule has 0 aliphatic rings. The fourth-order valence-corrected chi connectivity index (χ4v) is 1.73. The molecule has 5 heteroatoms. The Balaban J connectivity index is 3.51. The lowest BCUT2D eigenvalue weighted by Gasteiger charge is -2.22. The van der Waals surface area contributed by atoms with Crippen molar-refractivity contribution in [3.8, 4) is 0 Å². The summed E-state index contributed by atoms with van der Waals surface area (Å²) in [5.41, 5.74) is 5.41. The number of rotatable bonds is 9. The first-order valence-electron chi connectivity index (χ1n) is 5.72. The molecule has 0 heterocycles. The SMILES string of the molecule is CSCCNCCCCC(C)(C)C(N)=NO. The van der Waals surface area contributed by atoms with Crippen LogP contribution in [-0.2, 0) is 0 Å². The van der Waals surface area contributed by atoms with Crippen LogP contribution in [0.4, 0.5) is 0 Å². The fourth-order valence-electron chi connectivity index (χ4n) is 1.38. The molecule has 0 bridgehead atoms. The van der Waals surface area contributed by atoms with E-state index < -0.39 is 0 Å². The van der Waals surface area contributed by atoms with Gasteiger partial charge in [0.25, 0.3) is 0 Å². The Morgan fingerprint density at radius 2 is 2.06 bits per heavy atom. The van der Waals surface area contributed by atoms with E-state index in [0.29, 0.717) is 5.84 Å². The maximum Gasteiger partial charge on any atom is 0.144 e. The lowest BCUT2D eigenvalue weighted by Crippen LogP contribution is -2.32. The average molecular weight is 247 g/mol. The van der Waals surface area contributed by atoms with Crippen molar-refractivity contribution < 1.29 is 5.21 Å². The third kappa shape index (κ3) is 6.95. The molecule has 0 spiro atoms. The average Bonchev–Trinajstić information content (AvgIpc) is 2.26. The van der Waals surface area contributed by atoms with Gasteiger partial charge in [0.15, 0.2) is 0 Å². The fraction of sp³-hybridized carbons (Fsp3) is 0.909. The predicted octanol–water partition coefficient (Wildman–Crippen LogP) is 1.88. The number of nitrogens with two attached hydrogens (primary N) is 1.